The van der Waals surface area contributed by atoms with Gasteiger partial charge in [0.15, 0.2) is 0 Å². The zero-order valence-corrected chi connectivity index (χ0v) is 9.91. The fraction of sp³-hybridized carbons (Fsp3) is 0.200. The molecule has 1 rings (SSSR count). The molecule has 0 aromatic rings. The van der Waals surface area contributed by atoms with E-state index in [1.54, 1.807) is 0 Å². The smallest absolute Gasteiger partial charge is 0 e. The zero-order valence-electron chi connectivity index (χ0n) is 4.09. The quantitative estimate of drug-likeness (QED) is 0.530. The molecule has 0 saturated heterocycles. The summed E-state index contributed by atoms with van der Waals surface area (Å²) in [7, 11) is 0. The summed E-state index contributed by atoms with van der Waals surface area (Å²) in [6.45, 7) is 0. The van der Waals surface area contributed by atoms with Gasteiger partial charge in [-0.05, 0) is 0 Å². The maximum Gasteiger partial charge on any atom is 0 e. The van der Waals surface area contributed by atoms with Crippen molar-refractivity contribution in [2.75, 3.05) is 0 Å². The Hall–Kier alpha value is 1.09. The van der Waals surface area contributed by atoms with Crippen LogP contribution in [0.15, 0.2) is 18.2 Å². The van der Waals surface area contributed by atoms with E-state index < -0.39 is 0 Å². The van der Waals surface area contributed by atoms with E-state index in [0.717, 1.165) is 6.42 Å². The van der Waals surface area contributed by atoms with Crippen LogP contribution in [0.2, 0.25) is 0 Å². The van der Waals surface area contributed by atoms with Crippen LogP contribution in [0, 0.1) is 6.08 Å². The van der Waals surface area contributed by atoms with Crippen LogP contribution in [0.5, 0.6) is 0 Å². The predicted molar refractivity (Wildman–Crippen MR) is 42.2 cm³/mol. The molecule has 0 amide bonds. The summed E-state index contributed by atoms with van der Waals surface area (Å²) in [6, 6.07) is 0. The molecule has 3 heteroatoms. The van der Waals surface area contributed by atoms with Crippen LogP contribution in [0.25, 0.3) is 0 Å². The molecule has 0 fully saturated rings. The van der Waals surface area contributed by atoms with E-state index in [4.69, 9.17) is 0 Å². The summed E-state index contributed by atoms with van der Waals surface area (Å²) in [5.41, 5.74) is 0. The van der Waals surface area contributed by atoms with E-state index >= 15 is 0 Å². The van der Waals surface area contributed by atoms with Gasteiger partial charge < -0.3 is 0 Å². The molecule has 1 aliphatic carbocycles. The van der Waals surface area contributed by atoms with Crippen molar-refractivity contribution in [3.8, 4) is 0 Å². The molecule has 0 nitrogen and oxygen atoms in total. The molecule has 0 saturated carbocycles. The van der Waals surface area contributed by atoms with Gasteiger partial charge in [0.05, 0.1) is 0 Å². The first-order valence-electron chi connectivity index (χ1n) is 1.72. The molecule has 8 heavy (non-hydrogen) atoms. The van der Waals surface area contributed by atoms with Gasteiger partial charge in [0.2, 0.25) is 0 Å². The van der Waals surface area contributed by atoms with Gasteiger partial charge in [-0.1, -0.05) is 0 Å². The van der Waals surface area contributed by atoms with Gasteiger partial charge in [-0.15, -0.1) is 40.4 Å². The van der Waals surface area contributed by atoms with E-state index in [1.165, 1.54) is 0 Å². The second-order valence-corrected chi connectivity index (χ2v) is 1.00. The maximum absolute atomic E-state index is 2.99. The van der Waals surface area contributed by atoms with Gasteiger partial charge in [-0.25, -0.2) is 12.2 Å². The standard InChI is InChI=1S/C5H5.2BrH.Ir/c1-2-4-5-3-1;;;/h1-3H,4H2;2*1H;/q-1;;;. The number of halogens is 2. The summed E-state index contributed by atoms with van der Waals surface area (Å²) < 4.78 is 0. The van der Waals surface area contributed by atoms with Gasteiger partial charge in [0.1, 0.15) is 0 Å². The van der Waals surface area contributed by atoms with Crippen molar-refractivity contribution < 1.29 is 20.1 Å². The van der Waals surface area contributed by atoms with Crippen molar-refractivity contribution in [3.63, 3.8) is 0 Å². The molecule has 51 valence electrons. The van der Waals surface area contributed by atoms with Crippen LogP contribution in [-0.4, -0.2) is 0 Å². The average molecular weight is 419 g/mol. The normalized spacial score (nSPS) is 11.0. The number of hydrogen-bond acceptors (Lipinski definition) is 0. The summed E-state index contributed by atoms with van der Waals surface area (Å²) >= 11 is 0. The molecule has 0 spiro atoms. The van der Waals surface area contributed by atoms with E-state index in [9.17, 15) is 0 Å². The first-order valence-corrected chi connectivity index (χ1v) is 1.72. The Balaban J connectivity index is -0.0000000833. The third-order valence-corrected chi connectivity index (χ3v) is 0.586. The van der Waals surface area contributed by atoms with Crippen molar-refractivity contribution in [3.05, 3.63) is 24.3 Å². The molecule has 0 atom stereocenters. The fourth-order valence-electron chi connectivity index (χ4n) is 0.340. The molecule has 1 radical (unpaired) electrons. The second kappa shape index (κ2) is 11.0. The van der Waals surface area contributed by atoms with Crippen LogP contribution >= 0.6 is 34.0 Å². The Bertz CT molecular complexity index is 68.5. The van der Waals surface area contributed by atoms with Crippen LogP contribution < -0.4 is 0 Å². The van der Waals surface area contributed by atoms with E-state index in [1.807, 2.05) is 12.2 Å². The van der Waals surface area contributed by atoms with Crippen LogP contribution in [0.1, 0.15) is 6.42 Å². The Morgan fingerprint density at radius 3 is 2.00 bits per heavy atom. The molecule has 1 aliphatic rings. The van der Waals surface area contributed by atoms with Crippen molar-refractivity contribution in [2.45, 2.75) is 6.42 Å². The molecule has 0 aliphatic heterocycles. The fourth-order valence-corrected chi connectivity index (χ4v) is 0.340. The average Bonchev–Trinajstić information content (AvgIpc) is 1.76. The molecule has 0 bridgehead atoms. The van der Waals surface area contributed by atoms with Gasteiger partial charge >= 0.3 is 0 Å². The van der Waals surface area contributed by atoms with Crippen LogP contribution in [-0.2, 0) is 20.1 Å². The molecule has 0 unspecified atom stereocenters. The Kier molecular flexibility index (Phi) is 22.0. The SMILES string of the molecule is Br.Br.[C-]1=CC=CC1.[Ir]. The van der Waals surface area contributed by atoms with Gasteiger partial charge in [-0.2, -0.15) is 6.08 Å². The largest absolute Gasteiger partial charge is 0.273 e. The molecular weight excluding hydrogens is 412 g/mol. The van der Waals surface area contributed by atoms with Gasteiger partial charge in [0.25, 0.3) is 0 Å². The number of rotatable bonds is 0. The van der Waals surface area contributed by atoms with Crippen molar-refractivity contribution >= 4 is 34.0 Å². The Morgan fingerprint density at radius 1 is 1.25 bits per heavy atom. The molecule has 0 aromatic heterocycles. The van der Waals surface area contributed by atoms with Gasteiger partial charge in [-0.3, -0.25) is 6.08 Å². The van der Waals surface area contributed by atoms with Crippen molar-refractivity contribution in [1.82, 2.24) is 0 Å². The summed E-state index contributed by atoms with van der Waals surface area (Å²) in [4.78, 5) is 0. The molecule has 0 aromatic carbocycles. The van der Waals surface area contributed by atoms with Gasteiger partial charge in [0, 0.05) is 20.1 Å². The molecule has 0 heterocycles. The van der Waals surface area contributed by atoms with Crippen molar-refractivity contribution in [1.29, 1.82) is 0 Å². The Morgan fingerprint density at radius 2 is 1.88 bits per heavy atom. The monoisotopic (exact) mass is 418 g/mol. The predicted octanol–water partition coefficient (Wildman–Crippen LogP) is 2.46. The molecule has 0 N–H and O–H groups in total. The third kappa shape index (κ3) is 7.09. The molecular formula is C5H7Br2Ir-. The third-order valence-electron chi connectivity index (χ3n) is 0.586. The topological polar surface area (TPSA) is 0 Å². The van der Waals surface area contributed by atoms with Crippen LogP contribution in [0.3, 0.4) is 0 Å². The van der Waals surface area contributed by atoms with Crippen LogP contribution in [0.4, 0.5) is 0 Å². The second-order valence-electron chi connectivity index (χ2n) is 1.00. The Labute approximate surface area is 84.3 Å². The minimum absolute atomic E-state index is 0. The van der Waals surface area contributed by atoms with E-state index in [2.05, 4.69) is 12.2 Å². The summed E-state index contributed by atoms with van der Waals surface area (Å²) in [6.07, 6.45) is 10.0. The zero-order chi connectivity index (χ0) is 3.54. The van der Waals surface area contributed by atoms with E-state index in [-0.39, 0.29) is 54.1 Å². The summed E-state index contributed by atoms with van der Waals surface area (Å²) in [5.74, 6) is 0. The van der Waals surface area contributed by atoms with E-state index in [0.29, 0.717) is 0 Å². The maximum atomic E-state index is 2.99. The summed E-state index contributed by atoms with van der Waals surface area (Å²) in [5, 5.41) is 0. The first-order chi connectivity index (χ1) is 2.50. The number of allylic oxidation sites excluding steroid dienone is 4. The first kappa shape index (κ1) is 16.0. The van der Waals surface area contributed by atoms with Crippen molar-refractivity contribution in [2.24, 2.45) is 0 Å². The minimum atomic E-state index is 0. The number of hydrogen-bond donors (Lipinski definition) is 0. The minimum Gasteiger partial charge on any atom is -0.273 e.